The van der Waals surface area contributed by atoms with E-state index in [0.717, 1.165) is 5.56 Å². The zero-order valence-corrected chi connectivity index (χ0v) is 18.1. The first-order chi connectivity index (χ1) is 15.8. The van der Waals surface area contributed by atoms with Gasteiger partial charge < -0.3 is 9.52 Å². The van der Waals surface area contributed by atoms with E-state index in [-0.39, 0.29) is 11.3 Å². The van der Waals surface area contributed by atoms with Crippen LogP contribution in [0.1, 0.15) is 27.7 Å². The van der Waals surface area contributed by atoms with Gasteiger partial charge in [0.2, 0.25) is 5.78 Å². The number of halogens is 2. The molecule has 0 radical (unpaired) electrons. The fraction of sp³-hybridized carbons (Fsp3) is 0.0769. The van der Waals surface area contributed by atoms with E-state index in [2.05, 4.69) is 0 Å². The summed E-state index contributed by atoms with van der Waals surface area (Å²) in [4.78, 5) is 28.1. The summed E-state index contributed by atoms with van der Waals surface area (Å²) in [5, 5.41) is 11.9. The first-order valence-corrected chi connectivity index (χ1v) is 10.5. The number of carbonyl (C=O) groups excluding carboxylic acids is 2. The Bertz CT molecular complexity index is 1450. The third-order valence-corrected chi connectivity index (χ3v) is 5.86. The molecule has 4 aromatic rings. The highest BCUT2D eigenvalue weighted by atomic mass is 35.5. The molecule has 5 nitrogen and oxygen atoms in total. The van der Waals surface area contributed by atoms with Crippen molar-refractivity contribution in [2.24, 2.45) is 0 Å². The van der Waals surface area contributed by atoms with E-state index < -0.39 is 29.3 Å². The topological polar surface area (TPSA) is 70.8 Å². The minimum Gasteiger partial charge on any atom is -0.503 e. The van der Waals surface area contributed by atoms with E-state index in [4.69, 9.17) is 16.0 Å². The summed E-state index contributed by atoms with van der Waals surface area (Å²) >= 11 is 6.03. The number of ketones is 1. The highest BCUT2D eigenvalue weighted by molar-refractivity contribution is 6.31. The smallest absolute Gasteiger partial charge is 0.294 e. The van der Waals surface area contributed by atoms with Crippen molar-refractivity contribution in [3.8, 4) is 0 Å². The number of furan rings is 1. The third kappa shape index (κ3) is 3.58. The summed E-state index contributed by atoms with van der Waals surface area (Å²) in [6.07, 6.45) is 0. The van der Waals surface area contributed by atoms with Gasteiger partial charge in [0.05, 0.1) is 11.6 Å². The Morgan fingerprint density at radius 3 is 2.55 bits per heavy atom. The standard InChI is InChI=1S/C26H17ClFNO4/c1-14-3-2-4-19(11-14)29-23(15-5-8-18(28)9-6-15)22(25(31)26(29)32)24(30)21-13-16-12-17(27)7-10-20(16)33-21/h2-13,23,31H,1H3. The minimum absolute atomic E-state index is 0.0418. The maximum Gasteiger partial charge on any atom is 0.294 e. The van der Waals surface area contributed by atoms with E-state index in [1.807, 2.05) is 13.0 Å². The Morgan fingerprint density at radius 1 is 1.06 bits per heavy atom. The average molecular weight is 462 g/mol. The molecule has 1 N–H and O–H groups in total. The molecule has 33 heavy (non-hydrogen) atoms. The highest BCUT2D eigenvalue weighted by Crippen LogP contribution is 2.42. The number of benzene rings is 3. The molecule has 1 atom stereocenters. The molecule has 0 aliphatic carbocycles. The Morgan fingerprint density at radius 2 is 1.82 bits per heavy atom. The molecule has 2 heterocycles. The zero-order chi connectivity index (χ0) is 23.3. The van der Waals surface area contributed by atoms with Crippen LogP contribution in [0.2, 0.25) is 5.02 Å². The van der Waals surface area contributed by atoms with Crippen molar-refractivity contribution in [3.05, 3.63) is 112 Å². The molecule has 164 valence electrons. The van der Waals surface area contributed by atoms with E-state index >= 15 is 0 Å². The number of aliphatic hydroxyl groups is 1. The van der Waals surface area contributed by atoms with Gasteiger partial charge in [-0.1, -0.05) is 35.9 Å². The largest absolute Gasteiger partial charge is 0.503 e. The quantitative estimate of drug-likeness (QED) is 0.361. The lowest BCUT2D eigenvalue weighted by molar-refractivity contribution is -0.117. The molecule has 1 aliphatic heterocycles. The maximum absolute atomic E-state index is 13.6. The van der Waals surface area contributed by atoms with E-state index in [1.54, 1.807) is 36.4 Å². The van der Waals surface area contributed by atoms with Crippen molar-refractivity contribution >= 4 is 39.9 Å². The number of anilines is 1. The van der Waals surface area contributed by atoms with Crippen molar-refractivity contribution in [1.82, 2.24) is 0 Å². The Hall–Kier alpha value is -3.90. The summed E-state index contributed by atoms with van der Waals surface area (Å²) in [5.74, 6) is -2.54. The number of hydrogen-bond acceptors (Lipinski definition) is 4. The SMILES string of the molecule is Cc1cccc(N2C(=O)C(O)=C(C(=O)c3cc4cc(Cl)ccc4o3)C2c2ccc(F)cc2)c1. The number of carbonyl (C=O) groups is 2. The monoisotopic (exact) mass is 461 g/mol. The third-order valence-electron chi connectivity index (χ3n) is 5.62. The van der Waals surface area contributed by atoms with Crippen LogP contribution in [0.15, 0.2) is 88.5 Å². The fourth-order valence-corrected chi connectivity index (χ4v) is 4.28. The lowest BCUT2D eigenvalue weighted by Gasteiger charge is -2.27. The van der Waals surface area contributed by atoms with Crippen LogP contribution in [-0.4, -0.2) is 16.8 Å². The van der Waals surface area contributed by atoms with Crippen LogP contribution >= 0.6 is 11.6 Å². The summed E-state index contributed by atoms with van der Waals surface area (Å²) < 4.78 is 19.3. The Labute approximate surface area is 193 Å². The van der Waals surface area contributed by atoms with Gasteiger partial charge in [0.15, 0.2) is 11.5 Å². The molecule has 0 bridgehead atoms. The van der Waals surface area contributed by atoms with Gasteiger partial charge >= 0.3 is 0 Å². The summed E-state index contributed by atoms with van der Waals surface area (Å²) in [5.41, 5.74) is 2.17. The van der Waals surface area contributed by atoms with Gasteiger partial charge in [-0.25, -0.2) is 4.39 Å². The number of amides is 1. The van der Waals surface area contributed by atoms with Crippen LogP contribution in [0.5, 0.6) is 0 Å². The van der Waals surface area contributed by atoms with Gasteiger partial charge in [-0.3, -0.25) is 14.5 Å². The van der Waals surface area contributed by atoms with Crippen LogP contribution in [0.4, 0.5) is 10.1 Å². The molecule has 3 aromatic carbocycles. The lowest BCUT2D eigenvalue weighted by atomic mass is 9.94. The second-order valence-corrected chi connectivity index (χ2v) is 8.29. The molecule has 5 rings (SSSR count). The van der Waals surface area contributed by atoms with Crippen molar-refractivity contribution in [3.63, 3.8) is 0 Å². The fourth-order valence-electron chi connectivity index (χ4n) is 4.10. The number of hydrogen-bond donors (Lipinski definition) is 1. The molecule has 1 amide bonds. The molecule has 7 heteroatoms. The minimum atomic E-state index is -0.968. The highest BCUT2D eigenvalue weighted by Gasteiger charge is 2.45. The molecular formula is C26H17ClFNO4. The van der Waals surface area contributed by atoms with E-state index in [0.29, 0.717) is 27.2 Å². The number of fused-ring (bicyclic) bond motifs is 1. The van der Waals surface area contributed by atoms with E-state index in [9.17, 15) is 19.1 Å². The predicted molar refractivity (Wildman–Crippen MR) is 123 cm³/mol. The lowest BCUT2D eigenvalue weighted by Crippen LogP contribution is -2.31. The van der Waals surface area contributed by atoms with Crippen molar-refractivity contribution < 1.29 is 23.5 Å². The van der Waals surface area contributed by atoms with Gasteiger partial charge in [0, 0.05) is 16.1 Å². The second-order valence-electron chi connectivity index (χ2n) is 7.85. The number of aryl methyl sites for hydroxylation is 1. The molecule has 1 unspecified atom stereocenters. The summed E-state index contributed by atoms with van der Waals surface area (Å²) in [6.45, 7) is 1.87. The van der Waals surface area contributed by atoms with Crippen LogP contribution < -0.4 is 4.90 Å². The van der Waals surface area contributed by atoms with Crippen LogP contribution in [0.3, 0.4) is 0 Å². The molecule has 0 spiro atoms. The number of rotatable bonds is 4. The first kappa shape index (κ1) is 21.0. The van der Waals surface area contributed by atoms with Gasteiger partial charge in [-0.15, -0.1) is 0 Å². The van der Waals surface area contributed by atoms with Gasteiger partial charge in [0.25, 0.3) is 5.91 Å². The molecular weight excluding hydrogens is 445 g/mol. The van der Waals surface area contributed by atoms with Gasteiger partial charge in [-0.05, 0) is 66.6 Å². The normalized spacial score (nSPS) is 16.2. The molecule has 1 aliphatic rings. The van der Waals surface area contributed by atoms with Crippen molar-refractivity contribution in [1.29, 1.82) is 0 Å². The van der Waals surface area contributed by atoms with Gasteiger partial charge in [0.1, 0.15) is 11.4 Å². The number of aliphatic hydroxyl groups excluding tert-OH is 1. The van der Waals surface area contributed by atoms with E-state index in [1.165, 1.54) is 35.2 Å². The van der Waals surface area contributed by atoms with Crippen LogP contribution in [-0.2, 0) is 4.79 Å². The number of Topliss-reactive ketones (excluding diaryl/α,β-unsaturated/α-hetero) is 1. The van der Waals surface area contributed by atoms with Crippen molar-refractivity contribution in [2.75, 3.05) is 4.90 Å². The first-order valence-electron chi connectivity index (χ1n) is 10.2. The van der Waals surface area contributed by atoms with Gasteiger partial charge in [-0.2, -0.15) is 0 Å². The molecule has 0 fully saturated rings. The summed E-state index contributed by atoms with van der Waals surface area (Å²) in [7, 11) is 0. The number of nitrogens with zero attached hydrogens (tertiary/aromatic N) is 1. The average Bonchev–Trinajstić information content (AvgIpc) is 3.32. The summed E-state index contributed by atoms with van der Waals surface area (Å²) in [6, 6.07) is 18.1. The molecule has 0 saturated heterocycles. The molecule has 1 aromatic heterocycles. The predicted octanol–water partition coefficient (Wildman–Crippen LogP) is 6.32. The zero-order valence-electron chi connectivity index (χ0n) is 17.4. The maximum atomic E-state index is 13.6. The van der Waals surface area contributed by atoms with Crippen molar-refractivity contribution in [2.45, 2.75) is 13.0 Å². The Kier molecular flexibility index (Phi) is 5.02. The molecule has 0 saturated carbocycles. The second kappa shape index (κ2) is 7.90. The Balaban J connectivity index is 1.66. The van der Waals surface area contributed by atoms with Crippen LogP contribution in [0, 0.1) is 12.7 Å². The van der Waals surface area contributed by atoms with Crippen LogP contribution in [0.25, 0.3) is 11.0 Å².